The maximum absolute atomic E-state index is 13.3. The summed E-state index contributed by atoms with van der Waals surface area (Å²) in [5.41, 5.74) is 2.58. The molecule has 186 valence electrons. The molecule has 0 unspecified atom stereocenters. The van der Waals surface area contributed by atoms with Crippen molar-refractivity contribution in [2.75, 3.05) is 33.8 Å². The van der Waals surface area contributed by atoms with Crippen molar-refractivity contribution < 1.29 is 19.4 Å². The number of ketones is 1. The molecule has 8 nitrogen and oxygen atoms in total. The minimum Gasteiger partial charge on any atom is -0.507 e. The second kappa shape index (κ2) is 10.6. The molecule has 0 saturated carbocycles. The SMILES string of the molecule is C=CCOc1cccc([C@@H]2C(=C(O)c3cnn(-c4ccccc4)c3C)C(=O)C(=O)N2CCN(C)C)c1. The summed E-state index contributed by atoms with van der Waals surface area (Å²) >= 11 is 0. The molecule has 1 aliphatic rings. The average Bonchev–Trinajstić information content (AvgIpc) is 3.38. The zero-order valence-corrected chi connectivity index (χ0v) is 20.7. The van der Waals surface area contributed by atoms with Gasteiger partial charge in [0.25, 0.3) is 11.7 Å². The van der Waals surface area contributed by atoms with Gasteiger partial charge < -0.3 is 19.6 Å². The molecule has 0 bridgehead atoms. The van der Waals surface area contributed by atoms with E-state index < -0.39 is 17.7 Å². The summed E-state index contributed by atoms with van der Waals surface area (Å²) < 4.78 is 7.38. The number of carbonyl (C=O) groups is 2. The highest BCUT2D eigenvalue weighted by Gasteiger charge is 2.46. The van der Waals surface area contributed by atoms with Gasteiger partial charge in [-0.2, -0.15) is 5.10 Å². The molecule has 1 amide bonds. The van der Waals surface area contributed by atoms with Crippen LogP contribution in [0.2, 0.25) is 0 Å². The number of aliphatic hydroxyl groups excluding tert-OH is 1. The van der Waals surface area contributed by atoms with E-state index in [2.05, 4.69) is 11.7 Å². The third-order valence-electron chi connectivity index (χ3n) is 6.14. The highest BCUT2D eigenvalue weighted by atomic mass is 16.5. The molecule has 1 aliphatic heterocycles. The second-order valence-corrected chi connectivity index (χ2v) is 8.86. The number of nitrogens with zero attached hydrogens (tertiary/aromatic N) is 4. The van der Waals surface area contributed by atoms with E-state index in [1.165, 1.54) is 11.1 Å². The van der Waals surface area contributed by atoms with E-state index in [0.717, 1.165) is 5.69 Å². The third kappa shape index (κ3) is 4.81. The number of amides is 1. The van der Waals surface area contributed by atoms with Crippen molar-refractivity contribution in [3.63, 3.8) is 0 Å². The molecular formula is C28H30N4O4. The topological polar surface area (TPSA) is 87.9 Å². The van der Waals surface area contributed by atoms with Gasteiger partial charge in [-0.15, -0.1) is 0 Å². The van der Waals surface area contributed by atoms with Crippen molar-refractivity contribution >= 4 is 17.4 Å². The van der Waals surface area contributed by atoms with Crippen molar-refractivity contribution in [1.29, 1.82) is 0 Å². The molecule has 1 aromatic heterocycles. The lowest BCUT2D eigenvalue weighted by atomic mass is 9.95. The number of benzene rings is 2. The van der Waals surface area contributed by atoms with Crippen molar-refractivity contribution in [2.24, 2.45) is 0 Å². The number of hydrogen-bond acceptors (Lipinski definition) is 6. The predicted molar refractivity (Wildman–Crippen MR) is 138 cm³/mol. The number of rotatable bonds is 9. The molecule has 0 radical (unpaired) electrons. The number of Topliss-reactive ketones (excluding diaryl/α,β-unsaturated/α-hetero) is 1. The van der Waals surface area contributed by atoms with Crippen LogP contribution in [0.5, 0.6) is 5.75 Å². The van der Waals surface area contributed by atoms with E-state index in [-0.39, 0.29) is 11.3 Å². The minimum absolute atomic E-state index is 0.0374. The van der Waals surface area contributed by atoms with Crippen LogP contribution in [0.3, 0.4) is 0 Å². The molecule has 1 saturated heterocycles. The van der Waals surface area contributed by atoms with Crippen LogP contribution in [0.4, 0.5) is 0 Å². The third-order valence-corrected chi connectivity index (χ3v) is 6.14. The summed E-state index contributed by atoms with van der Waals surface area (Å²) in [5, 5.41) is 15.9. The van der Waals surface area contributed by atoms with Crippen LogP contribution in [0.1, 0.15) is 22.9 Å². The lowest BCUT2D eigenvalue weighted by Crippen LogP contribution is -2.35. The predicted octanol–water partition coefficient (Wildman–Crippen LogP) is 3.73. The first-order chi connectivity index (χ1) is 17.3. The van der Waals surface area contributed by atoms with Gasteiger partial charge in [0.15, 0.2) is 0 Å². The van der Waals surface area contributed by atoms with Gasteiger partial charge in [-0.05, 0) is 50.8 Å². The number of carbonyl (C=O) groups excluding carboxylic acids is 2. The number of hydrogen-bond donors (Lipinski definition) is 1. The summed E-state index contributed by atoms with van der Waals surface area (Å²) in [5.74, 6) is -1.03. The molecule has 8 heteroatoms. The van der Waals surface area contributed by atoms with Gasteiger partial charge in [0.05, 0.1) is 34.8 Å². The highest BCUT2D eigenvalue weighted by Crippen LogP contribution is 2.40. The maximum atomic E-state index is 13.3. The molecule has 0 spiro atoms. The van der Waals surface area contributed by atoms with Gasteiger partial charge in [-0.1, -0.05) is 43.0 Å². The summed E-state index contributed by atoms with van der Waals surface area (Å²) in [6, 6.07) is 16.0. The summed E-state index contributed by atoms with van der Waals surface area (Å²) in [4.78, 5) is 29.9. The number of ether oxygens (including phenoxy) is 1. The van der Waals surface area contributed by atoms with E-state index >= 15 is 0 Å². The first-order valence-corrected chi connectivity index (χ1v) is 11.7. The zero-order valence-electron chi connectivity index (χ0n) is 20.7. The number of likely N-dealkylation sites (tertiary alicyclic amines) is 1. The fourth-order valence-corrected chi connectivity index (χ4v) is 4.31. The van der Waals surface area contributed by atoms with Crippen molar-refractivity contribution in [3.8, 4) is 11.4 Å². The molecule has 36 heavy (non-hydrogen) atoms. The maximum Gasteiger partial charge on any atom is 0.295 e. The van der Waals surface area contributed by atoms with Crippen molar-refractivity contribution in [2.45, 2.75) is 13.0 Å². The van der Waals surface area contributed by atoms with Gasteiger partial charge in [-0.25, -0.2) is 4.68 Å². The van der Waals surface area contributed by atoms with Crippen LogP contribution >= 0.6 is 0 Å². The Hall–Kier alpha value is -4.17. The molecule has 1 fully saturated rings. The normalized spacial score (nSPS) is 17.1. The largest absolute Gasteiger partial charge is 0.507 e. The Morgan fingerprint density at radius 2 is 1.92 bits per heavy atom. The quantitative estimate of drug-likeness (QED) is 0.215. The monoisotopic (exact) mass is 486 g/mol. The zero-order chi connectivity index (χ0) is 25.8. The summed E-state index contributed by atoms with van der Waals surface area (Å²) in [7, 11) is 3.80. The first-order valence-electron chi connectivity index (χ1n) is 11.7. The Kier molecular flexibility index (Phi) is 7.36. The molecular weight excluding hydrogens is 456 g/mol. The minimum atomic E-state index is -0.767. The van der Waals surface area contributed by atoms with E-state index in [1.54, 1.807) is 29.0 Å². The second-order valence-electron chi connectivity index (χ2n) is 8.86. The van der Waals surface area contributed by atoms with E-state index in [1.807, 2.05) is 62.3 Å². The van der Waals surface area contributed by atoms with Gasteiger partial charge in [0.2, 0.25) is 0 Å². The fourth-order valence-electron chi connectivity index (χ4n) is 4.31. The number of aliphatic hydroxyl groups is 1. The Labute approximate surface area is 210 Å². The van der Waals surface area contributed by atoms with Crippen LogP contribution in [0, 0.1) is 6.92 Å². The standard InChI is InChI=1S/C28H30N4O4/c1-5-16-36-22-13-9-10-20(17-22)25-24(27(34)28(35)31(25)15-14-30(3)4)26(33)23-18-29-32(19(23)2)21-11-7-6-8-12-21/h5-13,17-18,25,33H,1,14-16H2,2-4H3/t25-/m1/s1. The average molecular weight is 487 g/mol. The molecule has 4 rings (SSSR count). The van der Waals surface area contributed by atoms with Gasteiger partial charge in [0, 0.05) is 13.1 Å². The van der Waals surface area contributed by atoms with E-state index in [9.17, 15) is 14.7 Å². The van der Waals surface area contributed by atoms with Gasteiger partial charge >= 0.3 is 0 Å². The lowest BCUT2D eigenvalue weighted by Gasteiger charge is -2.26. The molecule has 0 aliphatic carbocycles. The van der Waals surface area contributed by atoms with Crippen LogP contribution in [0.25, 0.3) is 11.4 Å². The molecule has 1 atom stereocenters. The number of likely N-dealkylation sites (N-methyl/N-ethyl adjacent to an activating group) is 1. The van der Waals surface area contributed by atoms with E-state index in [4.69, 9.17) is 4.74 Å². The lowest BCUT2D eigenvalue weighted by molar-refractivity contribution is -0.140. The van der Waals surface area contributed by atoms with Crippen LogP contribution in [-0.4, -0.2) is 70.2 Å². The Bertz CT molecular complexity index is 1310. The van der Waals surface area contributed by atoms with Crippen LogP contribution in [0.15, 0.2) is 79.0 Å². The molecule has 1 N–H and O–H groups in total. The Morgan fingerprint density at radius 3 is 2.61 bits per heavy atom. The fraction of sp³-hybridized carbons (Fsp3) is 0.250. The summed E-state index contributed by atoms with van der Waals surface area (Å²) in [6.07, 6.45) is 3.16. The smallest absolute Gasteiger partial charge is 0.295 e. The van der Waals surface area contributed by atoms with Crippen molar-refractivity contribution in [1.82, 2.24) is 19.6 Å². The highest BCUT2D eigenvalue weighted by molar-refractivity contribution is 6.46. The van der Waals surface area contributed by atoms with Crippen molar-refractivity contribution in [3.05, 3.63) is 95.8 Å². The molecule has 3 aromatic rings. The van der Waals surface area contributed by atoms with E-state index in [0.29, 0.717) is 42.3 Å². The van der Waals surface area contributed by atoms with Crippen LogP contribution < -0.4 is 4.74 Å². The first kappa shape index (κ1) is 24.9. The molecule has 2 aromatic carbocycles. The molecule has 2 heterocycles. The number of aromatic nitrogens is 2. The van der Waals surface area contributed by atoms with Gasteiger partial charge in [-0.3, -0.25) is 9.59 Å². The Balaban J connectivity index is 1.84. The Morgan fingerprint density at radius 1 is 1.17 bits per heavy atom. The van der Waals surface area contributed by atoms with Gasteiger partial charge in [0.1, 0.15) is 18.1 Å². The summed E-state index contributed by atoms with van der Waals surface area (Å²) in [6.45, 7) is 6.69. The number of para-hydroxylation sites is 1. The van der Waals surface area contributed by atoms with Crippen LogP contribution in [-0.2, 0) is 9.59 Å².